The number of nitrogens with one attached hydrogen (secondary N) is 1. The molecule has 1 rings (SSSR count). The predicted octanol–water partition coefficient (Wildman–Crippen LogP) is 3.50. The molecule has 1 N–H and O–H groups in total. The highest BCUT2D eigenvalue weighted by Gasteiger charge is 2.08. The van der Waals surface area contributed by atoms with Crippen LogP contribution < -0.4 is 10.1 Å². The molecule has 2 nitrogen and oxygen atoms in total. The van der Waals surface area contributed by atoms with Crippen LogP contribution in [0.3, 0.4) is 0 Å². The topological polar surface area (TPSA) is 21.3 Å². The Morgan fingerprint density at radius 1 is 1.38 bits per heavy atom. The fourth-order valence-corrected chi connectivity index (χ4v) is 1.80. The number of rotatable bonds is 7. The second-order valence-corrected chi connectivity index (χ2v) is 4.31. The SMILES string of the molecule is CCC[C@@H](CCNC)Oc1cccc(Cl)c1. The first-order chi connectivity index (χ1) is 7.76. The Hall–Kier alpha value is -0.730. The molecule has 1 aromatic rings. The third kappa shape index (κ3) is 4.86. The maximum absolute atomic E-state index is 5.92. The standard InChI is InChI=1S/C13H20ClNO/c1-3-5-12(8-9-15-2)16-13-7-4-6-11(14)10-13/h4,6-7,10,12,15H,3,5,8-9H2,1-2H3/t12-/m0/s1. The van der Waals surface area contributed by atoms with Crippen LogP contribution in [0.25, 0.3) is 0 Å². The molecular weight excluding hydrogens is 222 g/mol. The minimum atomic E-state index is 0.274. The van der Waals surface area contributed by atoms with Gasteiger partial charge in [-0.3, -0.25) is 0 Å². The third-order valence-corrected chi connectivity index (χ3v) is 2.66. The zero-order valence-corrected chi connectivity index (χ0v) is 10.8. The number of benzene rings is 1. The summed E-state index contributed by atoms with van der Waals surface area (Å²) in [7, 11) is 1.96. The zero-order chi connectivity index (χ0) is 11.8. The number of ether oxygens (including phenoxy) is 1. The lowest BCUT2D eigenvalue weighted by Crippen LogP contribution is -2.22. The molecule has 0 aromatic heterocycles. The van der Waals surface area contributed by atoms with Crippen LogP contribution in [0.4, 0.5) is 0 Å². The van der Waals surface area contributed by atoms with Crippen LogP contribution in [-0.2, 0) is 0 Å². The van der Waals surface area contributed by atoms with E-state index in [1.165, 1.54) is 0 Å². The molecule has 0 aliphatic heterocycles. The van der Waals surface area contributed by atoms with Crippen molar-refractivity contribution in [2.24, 2.45) is 0 Å². The van der Waals surface area contributed by atoms with Crippen LogP contribution in [0.5, 0.6) is 5.75 Å². The molecule has 0 amide bonds. The van der Waals surface area contributed by atoms with Crippen molar-refractivity contribution in [1.29, 1.82) is 0 Å². The Morgan fingerprint density at radius 3 is 2.81 bits per heavy atom. The fourth-order valence-electron chi connectivity index (χ4n) is 1.62. The largest absolute Gasteiger partial charge is 0.490 e. The molecule has 0 heterocycles. The van der Waals surface area contributed by atoms with Gasteiger partial charge in [0.15, 0.2) is 0 Å². The first-order valence-corrected chi connectivity index (χ1v) is 6.21. The van der Waals surface area contributed by atoms with Gasteiger partial charge >= 0.3 is 0 Å². The van der Waals surface area contributed by atoms with Gasteiger partial charge in [0.2, 0.25) is 0 Å². The molecule has 1 atom stereocenters. The zero-order valence-electron chi connectivity index (χ0n) is 10.0. The van der Waals surface area contributed by atoms with Crippen LogP contribution in [-0.4, -0.2) is 19.7 Å². The normalized spacial score (nSPS) is 12.4. The first-order valence-electron chi connectivity index (χ1n) is 5.83. The molecule has 0 fully saturated rings. The van der Waals surface area contributed by atoms with E-state index in [0.717, 1.165) is 36.6 Å². The summed E-state index contributed by atoms with van der Waals surface area (Å²) >= 11 is 5.92. The van der Waals surface area contributed by atoms with E-state index in [1.807, 2.05) is 31.3 Å². The molecule has 0 aliphatic rings. The predicted molar refractivity (Wildman–Crippen MR) is 69.3 cm³/mol. The van der Waals surface area contributed by atoms with Crippen molar-refractivity contribution in [3.05, 3.63) is 29.3 Å². The van der Waals surface area contributed by atoms with Crippen LogP contribution in [0, 0.1) is 0 Å². The number of hydrogen-bond donors (Lipinski definition) is 1. The van der Waals surface area contributed by atoms with E-state index in [1.54, 1.807) is 0 Å². The summed E-state index contributed by atoms with van der Waals surface area (Å²) in [5, 5.41) is 3.87. The van der Waals surface area contributed by atoms with Gasteiger partial charge in [-0.1, -0.05) is 31.0 Å². The third-order valence-electron chi connectivity index (χ3n) is 2.43. The van der Waals surface area contributed by atoms with Gasteiger partial charge in [-0.15, -0.1) is 0 Å². The fraction of sp³-hybridized carbons (Fsp3) is 0.538. The highest BCUT2D eigenvalue weighted by Crippen LogP contribution is 2.20. The van der Waals surface area contributed by atoms with Gasteiger partial charge in [0.05, 0.1) is 6.10 Å². The molecule has 0 radical (unpaired) electrons. The molecule has 3 heteroatoms. The maximum Gasteiger partial charge on any atom is 0.121 e. The minimum Gasteiger partial charge on any atom is -0.490 e. The number of hydrogen-bond acceptors (Lipinski definition) is 2. The quantitative estimate of drug-likeness (QED) is 0.789. The average Bonchev–Trinajstić information content (AvgIpc) is 2.26. The smallest absolute Gasteiger partial charge is 0.121 e. The summed E-state index contributed by atoms with van der Waals surface area (Å²) in [5.74, 6) is 0.863. The van der Waals surface area contributed by atoms with Crippen LogP contribution in [0.1, 0.15) is 26.2 Å². The summed E-state index contributed by atoms with van der Waals surface area (Å²) in [5.41, 5.74) is 0. The van der Waals surface area contributed by atoms with E-state index in [4.69, 9.17) is 16.3 Å². The Morgan fingerprint density at radius 2 is 2.19 bits per heavy atom. The Kier molecular flexibility index (Phi) is 6.27. The van der Waals surface area contributed by atoms with Crippen LogP contribution in [0.2, 0.25) is 5.02 Å². The minimum absolute atomic E-state index is 0.274. The van der Waals surface area contributed by atoms with E-state index in [0.29, 0.717) is 0 Å². The van der Waals surface area contributed by atoms with Crippen molar-refractivity contribution in [3.63, 3.8) is 0 Å². The van der Waals surface area contributed by atoms with E-state index in [2.05, 4.69) is 12.2 Å². The summed E-state index contributed by atoms with van der Waals surface area (Å²) in [6, 6.07) is 7.59. The van der Waals surface area contributed by atoms with Crippen molar-refractivity contribution in [2.75, 3.05) is 13.6 Å². The van der Waals surface area contributed by atoms with Crippen molar-refractivity contribution in [2.45, 2.75) is 32.3 Å². The van der Waals surface area contributed by atoms with Crippen molar-refractivity contribution < 1.29 is 4.74 Å². The van der Waals surface area contributed by atoms with Gasteiger partial charge in [-0.05, 0) is 44.6 Å². The molecular formula is C13H20ClNO. The lowest BCUT2D eigenvalue weighted by molar-refractivity contribution is 0.180. The van der Waals surface area contributed by atoms with Crippen molar-refractivity contribution >= 4 is 11.6 Å². The molecule has 16 heavy (non-hydrogen) atoms. The van der Waals surface area contributed by atoms with Gasteiger partial charge < -0.3 is 10.1 Å². The second kappa shape index (κ2) is 7.53. The molecule has 0 unspecified atom stereocenters. The van der Waals surface area contributed by atoms with Crippen LogP contribution in [0.15, 0.2) is 24.3 Å². The van der Waals surface area contributed by atoms with Crippen LogP contribution >= 0.6 is 11.6 Å². The summed E-state index contributed by atoms with van der Waals surface area (Å²) in [4.78, 5) is 0. The van der Waals surface area contributed by atoms with E-state index >= 15 is 0 Å². The molecule has 0 aliphatic carbocycles. The van der Waals surface area contributed by atoms with E-state index in [9.17, 15) is 0 Å². The molecule has 0 spiro atoms. The Labute approximate surface area is 103 Å². The average molecular weight is 242 g/mol. The summed E-state index contributed by atoms with van der Waals surface area (Å²) in [6.45, 7) is 3.15. The summed E-state index contributed by atoms with van der Waals surface area (Å²) < 4.78 is 5.91. The van der Waals surface area contributed by atoms with Gasteiger partial charge in [-0.2, -0.15) is 0 Å². The van der Waals surface area contributed by atoms with Gasteiger partial charge in [0.25, 0.3) is 0 Å². The van der Waals surface area contributed by atoms with Gasteiger partial charge in [0, 0.05) is 5.02 Å². The monoisotopic (exact) mass is 241 g/mol. The number of halogens is 1. The Balaban J connectivity index is 2.52. The molecule has 0 saturated carbocycles. The summed E-state index contributed by atoms with van der Waals surface area (Å²) in [6.07, 6.45) is 3.51. The lowest BCUT2D eigenvalue weighted by atomic mass is 10.1. The van der Waals surface area contributed by atoms with E-state index < -0.39 is 0 Å². The molecule has 0 saturated heterocycles. The maximum atomic E-state index is 5.92. The van der Waals surface area contributed by atoms with Gasteiger partial charge in [0.1, 0.15) is 5.75 Å². The molecule has 1 aromatic carbocycles. The van der Waals surface area contributed by atoms with E-state index in [-0.39, 0.29) is 6.10 Å². The van der Waals surface area contributed by atoms with Crippen molar-refractivity contribution in [3.8, 4) is 5.75 Å². The highest BCUT2D eigenvalue weighted by atomic mass is 35.5. The van der Waals surface area contributed by atoms with Crippen molar-refractivity contribution in [1.82, 2.24) is 5.32 Å². The van der Waals surface area contributed by atoms with Gasteiger partial charge in [-0.25, -0.2) is 0 Å². The highest BCUT2D eigenvalue weighted by molar-refractivity contribution is 6.30. The molecule has 90 valence electrons. The lowest BCUT2D eigenvalue weighted by Gasteiger charge is -2.18. The Bertz CT molecular complexity index is 304. The first kappa shape index (κ1) is 13.3. The molecule has 0 bridgehead atoms. The second-order valence-electron chi connectivity index (χ2n) is 3.88.